The molecule has 0 aliphatic rings. The van der Waals surface area contributed by atoms with Gasteiger partial charge < -0.3 is 10.2 Å². The van der Waals surface area contributed by atoms with Gasteiger partial charge >= 0.3 is 0 Å². The van der Waals surface area contributed by atoms with Crippen molar-refractivity contribution in [1.29, 1.82) is 0 Å². The molecule has 0 aliphatic heterocycles. The lowest BCUT2D eigenvalue weighted by atomic mass is 10.4. The molecule has 0 saturated heterocycles. The molecule has 2 N–H and O–H groups in total. The van der Waals surface area contributed by atoms with E-state index in [-0.39, 0.29) is 0 Å². The maximum Gasteiger partial charge on any atom is 0.128 e. The van der Waals surface area contributed by atoms with Crippen LogP contribution >= 0.6 is 11.3 Å². The molecule has 0 radical (unpaired) electrons. The van der Waals surface area contributed by atoms with E-state index >= 15 is 0 Å². The maximum atomic E-state index is 5.51. The van der Waals surface area contributed by atoms with Crippen LogP contribution in [0, 0.1) is 0 Å². The van der Waals surface area contributed by atoms with Crippen molar-refractivity contribution in [3.63, 3.8) is 0 Å². The van der Waals surface area contributed by atoms with Crippen molar-refractivity contribution in [2.75, 3.05) is 5.73 Å². The molecule has 56 valence electrons. The van der Waals surface area contributed by atoms with E-state index in [2.05, 4.69) is 4.98 Å². The fourth-order valence-corrected chi connectivity index (χ4v) is 1.47. The molecule has 0 spiro atoms. The van der Waals surface area contributed by atoms with E-state index in [0.29, 0.717) is 0 Å². The van der Waals surface area contributed by atoms with Gasteiger partial charge in [0.25, 0.3) is 0 Å². The van der Waals surface area contributed by atoms with E-state index < -0.39 is 0 Å². The summed E-state index contributed by atoms with van der Waals surface area (Å²) >= 11 is 1.45. The molecule has 0 fully saturated rings. The smallest absolute Gasteiger partial charge is 0.128 e. The lowest BCUT2D eigenvalue weighted by Gasteiger charge is -1.82. The highest BCUT2D eigenvalue weighted by Gasteiger charge is 2.02. The molecule has 4 heteroatoms. The Morgan fingerprint density at radius 2 is 2.45 bits per heavy atom. The van der Waals surface area contributed by atoms with E-state index in [0.717, 1.165) is 15.6 Å². The van der Waals surface area contributed by atoms with Gasteiger partial charge in [-0.2, -0.15) is 0 Å². The Bertz CT molecular complexity index is 339. The van der Waals surface area contributed by atoms with Crippen molar-refractivity contribution in [2.45, 2.75) is 0 Å². The average Bonchev–Trinajstić information content (AvgIpc) is 2.55. The molecule has 0 bridgehead atoms. The number of hydrogen-bond acceptors (Lipinski definition) is 4. The fourth-order valence-electron chi connectivity index (χ4n) is 0.806. The summed E-state index contributed by atoms with van der Waals surface area (Å²) in [5.41, 5.74) is 6.49. The van der Waals surface area contributed by atoms with Gasteiger partial charge in [-0.3, -0.25) is 0 Å². The van der Waals surface area contributed by atoms with Crippen LogP contribution in [-0.4, -0.2) is 4.98 Å². The predicted octanol–water partition coefficient (Wildman–Crippen LogP) is 1.99. The van der Waals surface area contributed by atoms with Gasteiger partial charge in [-0.25, -0.2) is 4.98 Å². The third kappa shape index (κ3) is 1.12. The number of furan rings is 1. The monoisotopic (exact) mass is 166 g/mol. The number of rotatable bonds is 1. The van der Waals surface area contributed by atoms with Crippen LogP contribution in [0.25, 0.3) is 10.6 Å². The van der Waals surface area contributed by atoms with Crippen LogP contribution in [0.1, 0.15) is 0 Å². The zero-order valence-electron chi connectivity index (χ0n) is 5.65. The summed E-state index contributed by atoms with van der Waals surface area (Å²) in [6, 6.07) is 1.86. The minimum absolute atomic E-state index is 0.723. The van der Waals surface area contributed by atoms with Crippen LogP contribution in [0.3, 0.4) is 0 Å². The highest BCUT2D eigenvalue weighted by atomic mass is 32.1. The van der Waals surface area contributed by atoms with Crippen molar-refractivity contribution in [3.05, 3.63) is 24.8 Å². The summed E-state index contributed by atoms with van der Waals surface area (Å²) in [5, 5.41) is 1.62. The summed E-state index contributed by atoms with van der Waals surface area (Å²) < 4.78 is 4.90. The third-order valence-corrected chi connectivity index (χ3v) is 2.17. The molecule has 2 heterocycles. The zero-order chi connectivity index (χ0) is 7.68. The molecular formula is C7H6N2OS. The van der Waals surface area contributed by atoms with Gasteiger partial charge in [0.2, 0.25) is 0 Å². The average molecular weight is 166 g/mol. The lowest BCUT2D eigenvalue weighted by molar-refractivity contribution is 0.568. The van der Waals surface area contributed by atoms with Crippen LogP contribution in [0.15, 0.2) is 29.2 Å². The largest absolute Gasteiger partial charge is 0.472 e. The first-order chi connectivity index (χ1) is 5.36. The van der Waals surface area contributed by atoms with Crippen LogP contribution in [0.2, 0.25) is 0 Å². The number of anilines is 1. The Hall–Kier alpha value is -1.29. The van der Waals surface area contributed by atoms with E-state index in [1.807, 2.05) is 6.07 Å². The van der Waals surface area contributed by atoms with Gasteiger partial charge in [0.1, 0.15) is 16.3 Å². The van der Waals surface area contributed by atoms with Crippen LogP contribution in [0.4, 0.5) is 5.00 Å². The molecule has 0 saturated carbocycles. The van der Waals surface area contributed by atoms with Crippen molar-refractivity contribution in [3.8, 4) is 10.6 Å². The summed E-state index contributed by atoms with van der Waals surface area (Å²) in [6.45, 7) is 0. The fraction of sp³-hybridized carbons (Fsp3) is 0. The number of nitrogens with two attached hydrogens (primary N) is 1. The molecule has 0 aromatic carbocycles. The molecule has 0 atom stereocenters. The number of nitrogen functional groups attached to an aromatic ring is 1. The molecule has 2 rings (SSSR count). The Labute approximate surface area is 67.5 Å². The second-order valence-corrected chi connectivity index (χ2v) is 3.14. The Morgan fingerprint density at radius 1 is 1.55 bits per heavy atom. The Morgan fingerprint density at radius 3 is 3.00 bits per heavy atom. The van der Waals surface area contributed by atoms with Crippen molar-refractivity contribution in [2.24, 2.45) is 0 Å². The lowest BCUT2D eigenvalue weighted by Crippen LogP contribution is -1.73. The first-order valence-electron chi connectivity index (χ1n) is 3.10. The van der Waals surface area contributed by atoms with Gasteiger partial charge in [0.05, 0.1) is 12.5 Å². The van der Waals surface area contributed by atoms with Gasteiger partial charge in [-0.15, -0.1) is 0 Å². The second-order valence-electron chi connectivity index (χ2n) is 2.08. The molecule has 3 nitrogen and oxygen atoms in total. The highest BCUT2D eigenvalue weighted by molar-refractivity contribution is 7.18. The normalized spacial score (nSPS) is 10.2. The van der Waals surface area contributed by atoms with E-state index in [1.54, 1.807) is 18.7 Å². The van der Waals surface area contributed by atoms with Crippen molar-refractivity contribution in [1.82, 2.24) is 4.98 Å². The molecule has 0 unspecified atom stereocenters. The predicted molar refractivity (Wildman–Crippen MR) is 44.2 cm³/mol. The minimum Gasteiger partial charge on any atom is -0.472 e. The third-order valence-electron chi connectivity index (χ3n) is 1.29. The van der Waals surface area contributed by atoms with Gasteiger partial charge in [0.15, 0.2) is 0 Å². The molecule has 0 aliphatic carbocycles. The topological polar surface area (TPSA) is 52.0 Å². The van der Waals surface area contributed by atoms with Gasteiger partial charge in [0, 0.05) is 5.56 Å². The van der Waals surface area contributed by atoms with Gasteiger partial charge in [-0.1, -0.05) is 11.3 Å². The SMILES string of the molecule is Nc1cnc(-c2ccoc2)s1. The summed E-state index contributed by atoms with van der Waals surface area (Å²) in [5.74, 6) is 0. The maximum absolute atomic E-state index is 5.51. The molecule has 2 aromatic rings. The highest BCUT2D eigenvalue weighted by Crippen LogP contribution is 2.26. The quantitative estimate of drug-likeness (QED) is 0.704. The molecule has 11 heavy (non-hydrogen) atoms. The Balaban J connectivity index is 2.45. The first kappa shape index (κ1) is 6.42. The van der Waals surface area contributed by atoms with Gasteiger partial charge in [-0.05, 0) is 6.07 Å². The first-order valence-corrected chi connectivity index (χ1v) is 3.92. The summed E-state index contributed by atoms with van der Waals surface area (Å²) in [6.07, 6.45) is 4.91. The summed E-state index contributed by atoms with van der Waals surface area (Å²) in [7, 11) is 0. The Kier molecular flexibility index (Phi) is 1.40. The minimum atomic E-state index is 0.723. The standard InChI is InChI=1S/C7H6N2OS/c8-6-3-9-7(11-6)5-1-2-10-4-5/h1-4H,8H2. The second kappa shape index (κ2) is 2.39. The van der Waals surface area contributed by atoms with E-state index in [1.165, 1.54) is 11.3 Å². The van der Waals surface area contributed by atoms with Crippen LogP contribution in [0.5, 0.6) is 0 Å². The summed E-state index contributed by atoms with van der Waals surface area (Å²) in [4.78, 5) is 4.09. The van der Waals surface area contributed by atoms with Crippen LogP contribution < -0.4 is 5.73 Å². The number of nitrogens with zero attached hydrogens (tertiary/aromatic N) is 1. The van der Waals surface area contributed by atoms with Crippen molar-refractivity contribution < 1.29 is 4.42 Å². The molecule has 2 aromatic heterocycles. The molecular weight excluding hydrogens is 160 g/mol. The number of aromatic nitrogens is 1. The number of hydrogen-bond donors (Lipinski definition) is 1. The van der Waals surface area contributed by atoms with Crippen LogP contribution in [-0.2, 0) is 0 Å². The van der Waals surface area contributed by atoms with E-state index in [9.17, 15) is 0 Å². The number of thiazole rings is 1. The van der Waals surface area contributed by atoms with E-state index in [4.69, 9.17) is 10.2 Å². The zero-order valence-corrected chi connectivity index (χ0v) is 6.47. The van der Waals surface area contributed by atoms with Crippen molar-refractivity contribution >= 4 is 16.3 Å². The molecule has 0 amide bonds.